The Hall–Kier alpha value is -7.49. The zero-order valence-electron chi connectivity index (χ0n) is 32.3. The smallest absolute Gasteiger partial charge is 0.227 e. The number of aromatic nitrogens is 2. The van der Waals surface area contributed by atoms with Crippen LogP contribution in [-0.4, -0.2) is 9.55 Å². The van der Waals surface area contributed by atoms with Gasteiger partial charge in [0.25, 0.3) is 0 Å². The second kappa shape index (κ2) is 13.3. The van der Waals surface area contributed by atoms with Gasteiger partial charge in [-0.05, 0) is 117 Å². The molecule has 0 saturated heterocycles. The van der Waals surface area contributed by atoms with Gasteiger partial charge in [0.2, 0.25) is 5.89 Å². The molecule has 0 saturated carbocycles. The number of nitrogens with zero attached hydrogens (tertiary/aromatic N) is 2. The topological polar surface area (TPSA) is 31.0 Å². The van der Waals surface area contributed by atoms with Crippen LogP contribution in [0.2, 0.25) is 0 Å². The third kappa shape index (κ3) is 5.18. The minimum absolute atomic E-state index is 0.392. The highest BCUT2D eigenvalue weighted by atomic mass is 16.3. The summed E-state index contributed by atoms with van der Waals surface area (Å²) < 4.78 is 8.74. The molecule has 59 heavy (non-hydrogen) atoms. The van der Waals surface area contributed by atoms with Crippen LogP contribution in [0.3, 0.4) is 0 Å². The summed E-state index contributed by atoms with van der Waals surface area (Å²) in [6, 6.07) is 68.6. The second-order valence-electron chi connectivity index (χ2n) is 15.8. The van der Waals surface area contributed by atoms with Crippen LogP contribution in [0.25, 0.3) is 72.3 Å². The monoisotopic (exact) mass is 754 g/mol. The predicted molar refractivity (Wildman–Crippen MR) is 242 cm³/mol. The summed E-state index contributed by atoms with van der Waals surface area (Å²) in [5.74, 6) is 1.02. The summed E-state index contributed by atoms with van der Waals surface area (Å²) in [4.78, 5) is 5.03. The lowest BCUT2D eigenvalue weighted by atomic mass is 9.67. The van der Waals surface area contributed by atoms with Crippen LogP contribution >= 0.6 is 0 Å². The highest BCUT2D eigenvalue weighted by Crippen LogP contribution is 2.57. The second-order valence-corrected chi connectivity index (χ2v) is 15.8. The highest BCUT2D eigenvalue weighted by molar-refractivity contribution is 6.10. The van der Waals surface area contributed by atoms with Crippen molar-refractivity contribution in [2.75, 3.05) is 0 Å². The van der Waals surface area contributed by atoms with Crippen molar-refractivity contribution in [1.29, 1.82) is 0 Å². The number of benzene rings is 8. The Labute approximate surface area is 342 Å². The summed E-state index contributed by atoms with van der Waals surface area (Å²) in [6.45, 7) is 0. The van der Waals surface area contributed by atoms with Crippen molar-refractivity contribution in [1.82, 2.24) is 9.55 Å². The maximum absolute atomic E-state index is 6.31. The minimum atomic E-state index is -0.554. The van der Waals surface area contributed by atoms with Gasteiger partial charge in [0.15, 0.2) is 5.58 Å². The molecule has 10 aromatic rings. The molecule has 0 fully saturated rings. The van der Waals surface area contributed by atoms with Crippen LogP contribution in [0, 0.1) is 0 Å². The van der Waals surface area contributed by atoms with Gasteiger partial charge in [-0.2, -0.15) is 0 Å². The molecule has 8 aromatic carbocycles. The van der Waals surface area contributed by atoms with Crippen molar-refractivity contribution in [3.05, 3.63) is 240 Å². The van der Waals surface area contributed by atoms with Crippen LogP contribution in [0.15, 0.2) is 217 Å². The Morgan fingerprint density at radius 2 is 1.29 bits per heavy atom. The fraction of sp³-hybridized carbons (Fsp3) is 0.0536. The van der Waals surface area contributed by atoms with Crippen LogP contribution in [-0.2, 0) is 5.41 Å². The molecule has 278 valence electrons. The van der Waals surface area contributed by atoms with E-state index < -0.39 is 5.41 Å². The van der Waals surface area contributed by atoms with E-state index in [0.717, 1.165) is 28.6 Å². The Bertz CT molecular complexity index is 3310. The summed E-state index contributed by atoms with van der Waals surface area (Å²) in [7, 11) is 0. The number of hydrogen-bond donors (Lipinski definition) is 0. The quantitative estimate of drug-likeness (QED) is 0.169. The number of hydrogen-bond acceptors (Lipinski definition) is 2. The third-order valence-corrected chi connectivity index (χ3v) is 12.6. The summed E-state index contributed by atoms with van der Waals surface area (Å²) in [5, 5.41) is 2.50. The van der Waals surface area contributed by atoms with Gasteiger partial charge in [0, 0.05) is 27.9 Å². The SMILES string of the molecule is C1=CCC(c2cccc(-n3c4ccccc4c4cc(-c5ccc6c(c5)-c5ccccc5C6(c5ccccc5)c5ccc6oc(-c7ccccc7)nc6c5)ccc43)c2)C=C1. The molecular weight excluding hydrogens is 717 g/mol. The summed E-state index contributed by atoms with van der Waals surface area (Å²) in [5.41, 5.74) is 16.8. The fourth-order valence-electron chi connectivity index (χ4n) is 9.96. The number of oxazole rings is 1. The molecule has 2 aromatic heterocycles. The molecule has 2 aliphatic carbocycles. The van der Waals surface area contributed by atoms with E-state index in [9.17, 15) is 0 Å². The molecule has 0 bridgehead atoms. The highest BCUT2D eigenvalue weighted by Gasteiger charge is 2.46. The largest absolute Gasteiger partial charge is 0.436 e. The van der Waals surface area contributed by atoms with Crippen molar-refractivity contribution in [3.63, 3.8) is 0 Å². The standard InChI is InChI=1S/C56H38N2O/c1-4-15-37(16-5-1)39-19-14-22-44(33-39)58-52-26-13-11-24-46(52)48-35-41(28-31-53(48)58)40-27-30-50-47(34-40)45-23-10-12-25-49(45)56(50,42-20-8-3-9-21-42)43-29-32-54-51(36-43)57-55(59-54)38-17-6-2-7-18-38/h1-15,17-37H,16H2. The average Bonchev–Trinajstić information content (AvgIpc) is 3.98. The lowest BCUT2D eigenvalue weighted by Gasteiger charge is -2.33. The first-order valence-electron chi connectivity index (χ1n) is 20.5. The Morgan fingerprint density at radius 3 is 2.17 bits per heavy atom. The molecule has 3 nitrogen and oxygen atoms in total. The van der Waals surface area contributed by atoms with Gasteiger partial charge in [0.1, 0.15) is 5.52 Å². The van der Waals surface area contributed by atoms with Crippen molar-refractivity contribution in [2.24, 2.45) is 0 Å². The van der Waals surface area contributed by atoms with E-state index in [0.29, 0.717) is 11.8 Å². The Kier molecular flexibility index (Phi) is 7.58. The molecule has 2 unspecified atom stereocenters. The van der Waals surface area contributed by atoms with Crippen LogP contribution in [0.1, 0.15) is 40.2 Å². The molecule has 0 amide bonds. The first-order chi connectivity index (χ1) is 29.2. The van der Waals surface area contributed by atoms with Crippen LogP contribution < -0.4 is 0 Å². The van der Waals surface area contributed by atoms with E-state index in [1.54, 1.807) is 0 Å². The van der Waals surface area contributed by atoms with Gasteiger partial charge in [0.05, 0.1) is 16.4 Å². The molecule has 0 aliphatic heterocycles. The van der Waals surface area contributed by atoms with E-state index in [1.807, 2.05) is 30.3 Å². The molecule has 2 atom stereocenters. The zero-order valence-corrected chi connectivity index (χ0v) is 32.3. The van der Waals surface area contributed by atoms with Crippen LogP contribution in [0.4, 0.5) is 0 Å². The van der Waals surface area contributed by atoms with Crippen molar-refractivity contribution >= 4 is 32.9 Å². The van der Waals surface area contributed by atoms with E-state index in [-0.39, 0.29) is 0 Å². The molecule has 0 spiro atoms. The number of fused-ring (bicyclic) bond motifs is 7. The molecule has 2 heterocycles. The van der Waals surface area contributed by atoms with Gasteiger partial charge in [-0.3, -0.25) is 0 Å². The van der Waals surface area contributed by atoms with Crippen molar-refractivity contribution < 1.29 is 4.42 Å². The first-order valence-corrected chi connectivity index (χ1v) is 20.5. The summed E-state index contributed by atoms with van der Waals surface area (Å²) in [6.07, 6.45) is 9.91. The fourth-order valence-corrected chi connectivity index (χ4v) is 9.96. The molecular formula is C56H38N2O. The normalized spacial score (nSPS) is 16.8. The van der Waals surface area contributed by atoms with E-state index in [4.69, 9.17) is 9.40 Å². The van der Waals surface area contributed by atoms with Crippen LogP contribution in [0.5, 0.6) is 0 Å². The molecule has 12 rings (SSSR count). The van der Waals surface area contributed by atoms with E-state index >= 15 is 0 Å². The van der Waals surface area contributed by atoms with E-state index in [2.05, 4.69) is 187 Å². The van der Waals surface area contributed by atoms with Gasteiger partial charge < -0.3 is 8.98 Å². The number of para-hydroxylation sites is 1. The lowest BCUT2D eigenvalue weighted by Crippen LogP contribution is -2.28. The zero-order chi connectivity index (χ0) is 38.9. The Morgan fingerprint density at radius 1 is 0.525 bits per heavy atom. The van der Waals surface area contributed by atoms with Gasteiger partial charge >= 0.3 is 0 Å². The molecule has 3 heteroatoms. The summed E-state index contributed by atoms with van der Waals surface area (Å²) >= 11 is 0. The van der Waals surface area contributed by atoms with Crippen molar-refractivity contribution in [2.45, 2.75) is 17.8 Å². The maximum Gasteiger partial charge on any atom is 0.227 e. The average molecular weight is 755 g/mol. The minimum Gasteiger partial charge on any atom is -0.436 e. The Balaban J connectivity index is 1.02. The molecule has 0 radical (unpaired) electrons. The first kappa shape index (κ1) is 33.6. The van der Waals surface area contributed by atoms with Gasteiger partial charge in [-0.1, -0.05) is 152 Å². The number of rotatable bonds is 6. The molecule has 2 aliphatic rings. The number of allylic oxidation sites excluding steroid dienone is 4. The van der Waals surface area contributed by atoms with E-state index in [1.165, 1.54) is 72.0 Å². The molecule has 0 N–H and O–H groups in total. The van der Waals surface area contributed by atoms with Crippen molar-refractivity contribution in [3.8, 4) is 39.4 Å². The lowest BCUT2D eigenvalue weighted by molar-refractivity contribution is 0.619. The van der Waals surface area contributed by atoms with Gasteiger partial charge in [-0.15, -0.1) is 0 Å². The van der Waals surface area contributed by atoms with Gasteiger partial charge in [-0.25, -0.2) is 4.98 Å². The maximum atomic E-state index is 6.31. The third-order valence-electron chi connectivity index (χ3n) is 12.6. The predicted octanol–water partition coefficient (Wildman–Crippen LogP) is 14.2.